The molecule has 1 aliphatic carbocycles. The number of hydrogen-bond acceptors (Lipinski definition) is 8. The maximum atomic E-state index is 13.2. The van der Waals surface area contributed by atoms with Crippen molar-refractivity contribution in [2.24, 2.45) is 0 Å². The summed E-state index contributed by atoms with van der Waals surface area (Å²) in [6.07, 6.45) is 4.88. The van der Waals surface area contributed by atoms with E-state index in [0.29, 0.717) is 12.1 Å². The number of unbranched alkanes of at least 4 members (excludes halogenated alkanes) is 5. The molecule has 0 aromatic rings. The number of aliphatic hydroxyl groups excluding tert-OH is 2. The molecule has 1 unspecified atom stereocenters. The van der Waals surface area contributed by atoms with Gasteiger partial charge in [0.2, 0.25) is 0 Å². The van der Waals surface area contributed by atoms with Gasteiger partial charge in [-0.1, -0.05) is 45.1 Å². The van der Waals surface area contributed by atoms with Crippen molar-refractivity contribution >= 4 is 6.09 Å². The predicted molar refractivity (Wildman–Crippen MR) is 125 cm³/mol. The Morgan fingerprint density at radius 3 is 2.12 bits per heavy atom. The third-order valence-electron chi connectivity index (χ3n) is 5.42. The van der Waals surface area contributed by atoms with Gasteiger partial charge in [-0.05, 0) is 32.8 Å². The minimum atomic E-state index is -1.11. The fourth-order valence-corrected chi connectivity index (χ4v) is 3.83. The second-order valence-corrected chi connectivity index (χ2v) is 9.35. The predicted octanol–water partition coefficient (Wildman–Crippen LogP) is 3.22. The van der Waals surface area contributed by atoms with Gasteiger partial charge in [-0.25, -0.2) is 4.79 Å². The van der Waals surface area contributed by atoms with Crippen molar-refractivity contribution in [2.75, 3.05) is 41.0 Å². The number of nitrogens with zero attached hydrogens (tertiary/aromatic N) is 1. The monoisotopic (exact) mass is 475 g/mol. The van der Waals surface area contributed by atoms with Crippen LogP contribution in [0.1, 0.15) is 66.2 Å². The lowest BCUT2D eigenvalue weighted by Gasteiger charge is -2.43. The summed E-state index contributed by atoms with van der Waals surface area (Å²) >= 11 is 0. The second kappa shape index (κ2) is 15.6. The molecule has 1 aliphatic rings. The number of rotatable bonds is 15. The zero-order valence-corrected chi connectivity index (χ0v) is 21.2. The number of aliphatic hydroxyl groups is 2. The van der Waals surface area contributed by atoms with E-state index in [2.05, 4.69) is 6.92 Å². The molecule has 0 spiro atoms. The Bertz CT molecular complexity index is 577. The fraction of sp³-hybridized carbons (Fsp3) is 0.875. The van der Waals surface area contributed by atoms with Crippen molar-refractivity contribution in [1.82, 2.24) is 4.90 Å². The van der Waals surface area contributed by atoms with E-state index in [1.54, 1.807) is 11.0 Å². The van der Waals surface area contributed by atoms with Crippen molar-refractivity contribution in [1.29, 1.82) is 0 Å². The number of carbonyl (C=O) groups excluding carboxylic acids is 1. The van der Waals surface area contributed by atoms with Crippen LogP contribution in [0.25, 0.3) is 0 Å². The van der Waals surface area contributed by atoms with Gasteiger partial charge in [-0.15, -0.1) is 0 Å². The number of carbonyl (C=O) groups is 1. The van der Waals surface area contributed by atoms with Crippen molar-refractivity contribution in [2.45, 2.75) is 96.2 Å². The molecule has 0 fully saturated rings. The van der Waals surface area contributed by atoms with Gasteiger partial charge in [-0.3, -0.25) is 4.90 Å². The zero-order chi connectivity index (χ0) is 24.9. The molecule has 0 aliphatic heterocycles. The van der Waals surface area contributed by atoms with Gasteiger partial charge in [0.05, 0.1) is 12.6 Å². The maximum Gasteiger partial charge on any atom is 0.410 e. The van der Waals surface area contributed by atoms with E-state index < -0.39 is 36.0 Å². The van der Waals surface area contributed by atoms with Gasteiger partial charge < -0.3 is 33.9 Å². The summed E-state index contributed by atoms with van der Waals surface area (Å²) in [7, 11) is 2.97. The first-order valence-corrected chi connectivity index (χ1v) is 11.9. The molecule has 194 valence electrons. The quantitative estimate of drug-likeness (QED) is 0.211. The summed E-state index contributed by atoms with van der Waals surface area (Å²) in [5.74, 6) is 0. The van der Waals surface area contributed by atoms with Crippen molar-refractivity contribution < 1.29 is 38.7 Å². The third kappa shape index (κ3) is 10.3. The first kappa shape index (κ1) is 29.8. The molecule has 0 aromatic carbocycles. The Balaban J connectivity index is 3.21. The van der Waals surface area contributed by atoms with Crippen molar-refractivity contribution in [3.63, 3.8) is 0 Å². The van der Waals surface area contributed by atoms with Crippen LogP contribution in [0.15, 0.2) is 11.6 Å². The van der Waals surface area contributed by atoms with Crippen LogP contribution in [0.3, 0.4) is 0 Å². The Morgan fingerprint density at radius 1 is 1.00 bits per heavy atom. The minimum Gasteiger partial charge on any atom is -0.444 e. The molecule has 0 saturated carbocycles. The van der Waals surface area contributed by atoms with E-state index in [4.69, 9.17) is 23.7 Å². The lowest BCUT2D eigenvalue weighted by Crippen LogP contribution is -2.59. The SMILES string of the molecule is CCCCCCCCN(C(=O)OC(C)(C)C)[C@@H]1C=C(CO)[C@H](O)C(OCOC)[C@H]1OCOC. The number of amides is 1. The highest BCUT2D eigenvalue weighted by molar-refractivity contribution is 5.69. The average molecular weight is 476 g/mol. The third-order valence-corrected chi connectivity index (χ3v) is 5.42. The standard InChI is InChI=1S/C24H45NO8/c1-7-8-9-10-11-12-13-25(23(28)33-24(2,3)4)19-14-18(15-26)20(27)22(32-17-30-6)21(19)31-16-29-5/h14,19-22,26-27H,7-13,15-17H2,1-6H3/t19-,20+,21+,22?/m1/s1. The summed E-state index contributed by atoms with van der Waals surface area (Å²) in [5.41, 5.74) is -0.321. The number of ether oxygens (including phenoxy) is 5. The van der Waals surface area contributed by atoms with E-state index in [0.717, 1.165) is 19.3 Å². The van der Waals surface area contributed by atoms with Crippen LogP contribution in [0.4, 0.5) is 4.79 Å². The van der Waals surface area contributed by atoms with Crippen LogP contribution in [0.2, 0.25) is 0 Å². The van der Waals surface area contributed by atoms with Crippen LogP contribution in [-0.2, 0) is 23.7 Å². The number of hydrogen-bond donors (Lipinski definition) is 2. The van der Waals surface area contributed by atoms with Gasteiger partial charge in [0.25, 0.3) is 0 Å². The summed E-state index contributed by atoms with van der Waals surface area (Å²) in [4.78, 5) is 14.8. The van der Waals surface area contributed by atoms with Crippen LogP contribution >= 0.6 is 0 Å². The summed E-state index contributed by atoms with van der Waals surface area (Å²) in [5, 5.41) is 20.7. The van der Waals surface area contributed by atoms with Gasteiger partial charge >= 0.3 is 6.09 Å². The maximum absolute atomic E-state index is 13.2. The lowest BCUT2D eigenvalue weighted by atomic mass is 9.87. The zero-order valence-electron chi connectivity index (χ0n) is 21.2. The van der Waals surface area contributed by atoms with Crippen LogP contribution in [0, 0.1) is 0 Å². The van der Waals surface area contributed by atoms with Crippen LogP contribution < -0.4 is 0 Å². The molecule has 33 heavy (non-hydrogen) atoms. The molecule has 0 bridgehead atoms. The lowest BCUT2D eigenvalue weighted by molar-refractivity contribution is -0.195. The van der Waals surface area contributed by atoms with E-state index in [-0.39, 0.29) is 20.2 Å². The molecule has 9 heteroatoms. The molecule has 0 radical (unpaired) electrons. The molecular weight excluding hydrogens is 430 g/mol. The Kier molecular flexibility index (Phi) is 14.1. The Labute approximate surface area is 199 Å². The summed E-state index contributed by atoms with van der Waals surface area (Å²) in [6.45, 7) is 7.56. The Morgan fingerprint density at radius 2 is 1.58 bits per heavy atom. The molecule has 1 rings (SSSR count). The average Bonchev–Trinajstić information content (AvgIpc) is 2.75. The second-order valence-electron chi connectivity index (χ2n) is 9.35. The summed E-state index contributed by atoms with van der Waals surface area (Å²) < 4.78 is 27.5. The molecule has 9 nitrogen and oxygen atoms in total. The molecule has 0 aromatic heterocycles. The molecular formula is C24H45NO8. The highest BCUT2D eigenvalue weighted by Gasteiger charge is 2.45. The normalized spacial score (nSPS) is 23.3. The first-order valence-electron chi connectivity index (χ1n) is 11.9. The smallest absolute Gasteiger partial charge is 0.410 e. The van der Waals surface area contributed by atoms with Crippen molar-refractivity contribution in [3.05, 3.63) is 11.6 Å². The minimum absolute atomic E-state index is 0.0534. The van der Waals surface area contributed by atoms with Crippen molar-refractivity contribution in [3.8, 4) is 0 Å². The van der Waals surface area contributed by atoms with E-state index in [1.807, 2.05) is 20.8 Å². The molecule has 1 amide bonds. The highest BCUT2D eigenvalue weighted by atomic mass is 16.7. The topological polar surface area (TPSA) is 107 Å². The first-order chi connectivity index (χ1) is 15.7. The Hall–Kier alpha value is -1.23. The van der Waals surface area contributed by atoms with Crippen LogP contribution in [-0.4, -0.2) is 92.1 Å². The molecule has 0 heterocycles. The largest absolute Gasteiger partial charge is 0.444 e. The molecule has 4 atom stereocenters. The summed E-state index contributed by atoms with van der Waals surface area (Å²) in [6, 6.07) is -0.627. The van der Waals surface area contributed by atoms with E-state index >= 15 is 0 Å². The van der Waals surface area contributed by atoms with Gasteiger partial charge in [0, 0.05) is 20.8 Å². The van der Waals surface area contributed by atoms with Gasteiger partial charge in [0.1, 0.15) is 37.5 Å². The van der Waals surface area contributed by atoms with Gasteiger partial charge in [0.15, 0.2) is 0 Å². The highest BCUT2D eigenvalue weighted by Crippen LogP contribution is 2.30. The fourth-order valence-electron chi connectivity index (χ4n) is 3.83. The van der Waals surface area contributed by atoms with E-state index in [9.17, 15) is 15.0 Å². The number of methoxy groups -OCH3 is 2. The van der Waals surface area contributed by atoms with Gasteiger partial charge in [-0.2, -0.15) is 0 Å². The van der Waals surface area contributed by atoms with E-state index in [1.165, 1.54) is 33.5 Å². The molecule has 2 N–H and O–H groups in total. The van der Waals surface area contributed by atoms with Crippen LogP contribution in [0.5, 0.6) is 0 Å². The molecule has 0 saturated heterocycles.